The normalized spacial score (nSPS) is 20.1. The summed E-state index contributed by atoms with van der Waals surface area (Å²) in [6, 6.07) is 15.0. The molecule has 1 unspecified atom stereocenters. The van der Waals surface area contributed by atoms with E-state index < -0.39 is 0 Å². The number of allylic oxidation sites excluding steroid dienone is 4. The van der Waals surface area contributed by atoms with Crippen LogP contribution in [0.4, 0.5) is 0 Å². The molecule has 0 fully saturated rings. The Morgan fingerprint density at radius 1 is 0.870 bits per heavy atom. The van der Waals surface area contributed by atoms with Gasteiger partial charge in [0.15, 0.2) is 0 Å². The number of hydrogen-bond donors (Lipinski definition) is 2. The van der Waals surface area contributed by atoms with Crippen molar-refractivity contribution in [2.24, 2.45) is 5.41 Å². The van der Waals surface area contributed by atoms with Gasteiger partial charge in [0.25, 0.3) is 0 Å². The van der Waals surface area contributed by atoms with Gasteiger partial charge in [0.1, 0.15) is 11.5 Å². The predicted octanol–water partition coefficient (Wildman–Crippen LogP) is 5.14. The van der Waals surface area contributed by atoms with E-state index in [-0.39, 0.29) is 22.8 Å². The number of phenols is 2. The lowest BCUT2D eigenvalue weighted by molar-refractivity contribution is 0.321. The van der Waals surface area contributed by atoms with Crippen LogP contribution in [0.3, 0.4) is 0 Å². The average molecular weight is 306 g/mol. The molecule has 0 bridgehead atoms. The van der Waals surface area contributed by atoms with Crippen molar-refractivity contribution in [2.75, 3.05) is 0 Å². The molecule has 2 aromatic carbocycles. The lowest BCUT2D eigenvalue weighted by Crippen LogP contribution is -2.28. The zero-order chi connectivity index (χ0) is 16.3. The summed E-state index contributed by atoms with van der Waals surface area (Å²) in [4.78, 5) is 0. The molecule has 2 heteroatoms. The Labute approximate surface area is 137 Å². The van der Waals surface area contributed by atoms with Crippen molar-refractivity contribution in [3.05, 3.63) is 84.0 Å². The van der Waals surface area contributed by atoms with Gasteiger partial charge in [-0.1, -0.05) is 55.5 Å². The molecular weight excluding hydrogens is 284 g/mol. The number of phenolic OH excluding ortho intramolecular Hbond substituents is 2. The van der Waals surface area contributed by atoms with Gasteiger partial charge in [-0.15, -0.1) is 0 Å². The monoisotopic (exact) mass is 306 g/mol. The highest BCUT2D eigenvalue weighted by molar-refractivity contribution is 5.42. The van der Waals surface area contributed by atoms with Crippen molar-refractivity contribution in [3.63, 3.8) is 0 Å². The van der Waals surface area contributed by atoms with Gasteiger partial charge in [0.05, 0.1) is 0 Å². The van der Waals surface area contributed by atoms with Crippen molar-refractivity contribution in [2.45, 2.75) is 25.7 Å². The molecule has 1 atom stereocenters. The molecule has 2 aromatic rings. The maximum atomic E-state index is 9.62. The number of aromatic hydroxyl groups is 2. The maximum absolute atomic E-state index is 9.62. The van der Waals surface area contributed by atoms with Gasteiger partial charge in [-0.2, -0.15) is 0 Å². The minimum absolute atomic E-state index is 0.00267. The lowest BCUT2D eigenvalue weighted by Gasteiger charge is -2.39. The van der Waals surface area contributed by atoms with Gasteiger partial charge in [-0.05, 0) is 48.2 Å². The minimum atomic E-state index is 0.00267. The molecule has 2 nitrogen and oxygen atoms in total. The second-order valence-electron chi connectivity index (χ2n) is 6.19. The van der Waals surface area contributed by atoms with E-state index in [2.05, 4.69) is 31.2 Å². The first-order valence-corrected chi connectivity index (χ1v) is 8.07. The fourth-order valence-corrected chi connectivity index (χ4v) is 3.55. The predicted molar refractivity (Wildman–Crippen MR) is 93.7 cm³/mol. The van der Waals surface area contributed by atoms with E-state index in [0.29, 0.717) is 0 Å². The van der Waals surface area contributed by atoms with Gasteiger partial charge in [-0.25, -0.2) is 0 Å². The molecule has 23 heavy (non-hydrogen) atoms. The second-order valence-corrected chi connectivity index (χ2v) is 6.19. The van der Waals surface area contributed by atoms with Gasteiger partial charge in [-0.3, -0.25) is 0 Å². The topological polar surface area (TPSA) is 40.5 Å². The molecule has 0 amide bonds. The van der Waals surface area contributed by atoms with Crippen molar-refractivity contribution < 1.29 is 10.2 Å². The third kappa shape index (κ3) is 3.02. The fourth-order valence-electron chi connectivity index (χ4n) is 3.55. The molecule has 0 saturated heterocycles. The molecule has 0 radical (unpaired) electrons. The van der Waals surface area contributed by atoms with Crippen LogP contribution in [-0.4, -0.2) is 10.2 Å². The molecule has 0 spiro atoms. The number of hydrogen-bond acceptors (Lipinski definition) is 2. The smallest absolute Gasteiger partial charge is 0.115 e. The summed E-state index contributed by atoms with van der Waals surface area (Å²) >= 11 is 0. The second kappa shape index (κ2) is 6.33. The highest BCUT2D eigenvalue weighted by atomic mass is 16.3. The van der Waals surface area contributed by atoms with E-state index in [4.69, 9.17) is 0 Å². The van der Waals surface area contributed by atoms with Crippen LogP contribution in [0.25, 0.3) is 0 Å². The summed E-state index contributed by atoms with van der Waals surface area (Å²) in [5.74, 6) is 0.737. The summed E-state index contributed by atoms with van der Waals surface area (Å²) < 4.78 is 0. The van der Waals surface area contributed by atoms with Crippen LogP contribution in [0.15, 0.2) is 72.8 Å². The van der Waals surface area contributed by atoms with Crippen LogP contribution in [0.2, 0.25) is 0 Å². The average Bonchev–Trinajstić information content (AvgIpc) is 2.59. The van der Waals surface area contributed by atoms with E-state index in [1.165, 1.54) is 11.1 Å². The Kier molecular flexibility index (Phi) is 4.24. The van der Waals surface area contributed by atoms with Gasteiger partial charge >= 0.3 is 0 Å². The first-order chi connectivity index (χ1) is 11.1. The summed E-state index contributed by atoms with van der Waals surface area (Å²) in [6.45, 7) is 2.22. The molecular formula is C21H22O2. The van der Waals surface area contributed by atoms with Crippen LogP contribution in [0.5, 0.6) is 11.5 Å². The Morgan fingerprint density at radius 2 is 1.39 bits per heavy atom. The zero-order valence-electron chi connectivity index (χ0n) is 13.3. The molecule has 0 saturated carbocycles. The van der Waals surface area contributed by atoms with E-state index >= 15 is 0 Å². The lowest BCUT2D eigenvalue weighted by atomic mass is 9.64. The Balaban J connectivity index is 2.13. The highest BCUT2D eigenvalue weighted by Gasteiger charge is 2.36. The van der Waals surface area contributed by atoms with E-state index in [9.17, 15) is 10.2 Å². The van der Waals surface area contributed by atoms with Gasteiger partial charge in [0, 0.05) is 11.3 Å². The van der Waals surface area contributed by atoms with Crippen molar-refractivity contribution in [3.8, 4) is 11.5 Å². The molecule has 1 aliphatic rings. The van der Waals surface area contributed by atoms with Crippen LogP contribution in [0.1, 0.15) is 36.8 Å². The molecule has 1 aliphatic carbocycles. The first-order valence-electron chi connectivity index (χ1n) is 8.07. The highest BCUT2D eigenvalue weighted by Crippen LogP contribution is 2.49. The summed E-state index contributed by atoms with van der Waals surface area (Å²) in [6.07, 6.45) is 10.7. The van der Waals surface area contributed by atoms with Crippen LogP contribution in [0, 0.1) is 5.41 Å². The summed E-state index contributed by atoms with van der Waals surface area (Å²) in [5.41, 5.74) is 2.36. The Hall–Kier alpha value is -2.48. The van der Waals surface area contributed by atoms with Crippen LogP contribution in [-0.2, 0) is 0 Å². The van der Waals surface area contributed by atoms with Gasteiger partial charge < -0.3 is 10.2 Å². The third-order valence-electron chi connectivity index (χ3n) is 4.86. The summed E-state index contributed by atoms with van der Waals surface area (Å²) in [7, 11) is 0. The van der Waals surface area contributed by atoms with Crippen molar-refractivity contribution in [1.82, 2.24) is 0 Å². The Morgan fingerprint density at radius 3 is 1.78 bits per heavy atom. The minimum Gasteiger partial charge on any atom is -0.508 e. The number of benzene rings is 2. The molecule has 0 heterocycles. The van der Waals surface area contributed by atoms with E-state index in [1.54, 1.807) is 24.3 Å². The maximum Gasteiger partial charge on any atom is 0.115 e. The molecule has 3 rings (SSSR count). The quantitative estimate of drug-likeness (QED) is 0.821. The zero-order valence-corrected chi connectivity index (χ0v) is 13.3. The van der Waals surface area contributed by atoms with Gasteiger partial charge in [0.2, 0.25) is 0 Å². The largest absolute Gasteiger partial charge is 0.508 e. The van der Waals surface area contributed by atoms with Crippen LogP contribution >= 0.6 is 0 Å². The molecule has 118 valence electrons. The standard InChI is InChI=1S/C21H22O2/c1-2-21(14-4-3-5-15-21)20(16-6-10-18(22)11-7-16)17-8-12-19(23)13-9-17/h3-14,20,22-23H,2,15H2,1H3. The fraction of sp³-hybridized carbons (Fsp3) is 0.238. The summed E-state index contributed by atoms with van der Waals surface area (Å²) in [5, 5.41) is 19.2. The first kappa shape index (κ1) is 15.4. The van der Waals surface area contributed by atoms with Crippen molar-refractivity contribution in [1.29, 1.82) is 0 Å². The molecule has 0 aliphatic heterocycles. The number of rotatable bonds is 4. The molecule has 2 N–H and O–H groups in total. The Bertz CT molecular complexity index is 665. The van der Waals surface area contributed by atoms with Crippen LogP contribution < -0.4 is 0 Å². The van der Waals surface area contributed by atoms with E-state index in [1.807, 2.05) is 24.3 Å². The third-order valence-corrected chi connectivity index (χ3v) is 4.86. The SMILES string of the molecule is CCC1(C(c2ccc(O)cc2)c2ccc(O)cc2)C=CC=CC1. The van der Waals surface area contributed by atoms with Crippen molar-refractivity contribution >= 4 is 0 Å². The molecule has 0 aromatic heterocycles. The van der Waals surface area contributed by atoms with E-state index in [0.717, 1.165) is 12.8 Å².